The molecule has 3 aromatic carbocycles. The van der Waals surface area contributed by atoms with Crippen LogP contribution in [0.15, 0.2) is 60.7 Å². The summed E-state index contributed by atoms with van der Waals surface area (Å²) in [6.07, 6.45) is 1.12. The second-order valence-corrected chi connectivity index (χ2v) is 12.3. The maximum absolute atomic E-state index is 14.6. The van der Waals surface area contributed by atoms with E-state index >= 15 is 0 Å². The molecule has 1 aliphatic heterocycles. The second kappa shape index (κ2) is 13.8. The van der Waals surface area contributed by atoms with E-state index in [1.54, 1.807) is 14.2 Å². The number of carbonyl (C=O) groups excluding carboxylic acids is 2. The van der Waals surface area contributed by atoms with Crippen LogP contribution in [0.5, 0.6) is 11.5 Å². The van der Waals surface area contributed by atoms with Gasteiger partial charge in [0.25, 0.3) is 5.91 Å². The Morgan fingerprint density at radius 1 is 0.867 bits per heavy atom. The zero-order valence-corrected chi connectivity index (χ0v) is 27.7. The lowest BCUT2D eigenvalue weighted by molar-refractivity contribution is -0.118. The van der Waals surface area contributed by atoms with Gasteiger partial charge in [0.05, 0.1) is 26.3 Å². The van der Waals surface area contributed by atoms with Crippen LogP contribution < -0.4 is 14.4 Å². The van der Waals surface area contributed by atoms with Crippen LogP contribution in [0.1, 0.15) is 53.0 Å². The quantitative estimate of drug-likeness (QED) is 0.262. The molecule has 0 aliphatic carbocycles. The smallest absolute Gasteiger partial charge is 0.271 e. The molecule has 5 rings (SSSR count). The minimum absolute atomic E-state index is 0.0170. The summed E-state index contributed by atoms with van der Waals surface area (Å²) in [5.41, 5.74) is 6.44. The van der Waals surface area contributed by atoms with Crippen LogP contribution in [0.2, 0.25) is 0 Å². The van der Waals surface area contributed by atoms with Gasteiger partial charge < -0.3 is 23.8 Å². The topological polar surface area (TPSA) is 67.2 Å². The molecule has 1 aliphatic rings. The first-order chi connectivity index (χ1) is 21.6. The average Bonchev–Trinajstić information content (AvgIpc) is 3.26. The van der Waals surface area contributed by atoms with Crippen molar-refractivity contribution in [1.82, 2.24) is 14.4 Å². The lowest BCUT2D eigenvalue weighted by Crippen LogP contribution is -2.42. The Hall–Kier alpha value is -4.30. The number of rotatable bonds is 6. The van der Waals surface area contributed by atoms with Gasteiger partial charge in [0.15, 0.2) is 0 Å². The Morgan fingerprint density at radius 3 is 2.27 bits per heavy atom. The second-order valence-electron chi connectivity index (χ2n) is 12.3. The highest BCUT2D eigenvalue weighted by atomic mass is 16.5. The molecule has 8 nitrogen and oxygen atoms in total. The molecule has 45 heavy (non-hydrogen) atoms. The molecular formula is C37H46N4O4. The minimum Gasteiger partial charge on any atom is -0.497 e. The Balaban J connectivity index is 1.55. The first kappa shape index (κ1) is 32.1. The van der Waals surface area contributed by atoms with Crippen molar-refractivity contribution >= 4 is 28.4 Å². The van der Waals surface area contributed by atoms with Crippen molar-refractivity contribution in [1.29, 1.82) is 0 Å². The van der Waals surface area contributed by atoms with Gasteiger partial charge in [0.1, 0.15) is 17.2 Å². The van der Waals surface area contributed by atoms with Crippen molar-refractivity contribution in [2.75, 3.05) is 45.3 Å². The summed E-state index contributed by atoms with van der Waals surface area (Å²) in [5, 5.41) is 1.01. The fourth-order valence-corrected chi connectivity index (χ4v) is 6.56. The largest absolute Gasteiger partial charge is 0.497 e. The normalized spacial score (nSPS) is 14.8. The summed E-state index contributed by atoms with van der Waals surface area (Å²) in [4.78, 5) is 35.0. The van der Waals surface area contributed by atoms with E-state index in [0.717, 1.165) is 69.9 Å². The van der Waals surface area contributed by atoms with Crippen molar-refractivity contribution in [3.63, 3.8) is 0 Å². The van der Waals surface area contributed by atoms with Gasteiger partial charge in [0.2, 0.25) is 5.91 Å². The number of nitrogens with zero attached hydrogens (tertiary/aromatic N) is 4. The zero-order valence-electron chi connectivity index (χ0n) is 27.7. The number of para-hydroxylation sites is 1. The van der Waals surface area contributed by atoms with Gasteiger partial charge in [-0.3, -0.25) is 14.5 Å². The fourth-order valence-electron chi connectivity index (χ4n) is 6.56. The SMILES string of the molecule is COc1ccc(CC(=O)N2CCCN(C(C)C)CCN(C(=O)c3c(C)c4cc(OC)ccc4n3C)Cc3cccc(C)c32)cc1. The molecule has 238 valence electrons. The van der Waals surface area contributed by atoms with E-state index in [0.29, 0.717) is 31.4 Å². The van der Waals surface area contributed by atoms with E-state index in [9.17, 15) is 9.59 Å². The number of hydrogen-bond acceptors (Lipinski definition) is 5. The lowest BCUT2D eigenvalue weighted by Gasteiger charge is -2.30. The van der Waals surface area contributed by atoms with Crippen molar-refractivity contribution < 1.29 is 19.1 Å². The van der Waals surface area contributed by atoms with Crippen LogP contribution in [-0.4, -0.2) is 72.6 Å². The molecule has 0 fully saturated rings. The van der Waals surface area contributed by atoms with Crippen molar-refractivity contribution in [2.45, 2.75) is 53.1 Å². The van der Waals surface area contributed by atoms with Gasteiger partial charge in [0, 0.05) is 56.7 Å². The monoisotopic (exact) mass is 610 g/mol. The minimum atomic E-state index is -0.0170. The van der Waals surface area contributed by atoms with E-state index in [4.69, 9.17) is 9.47 Å². The van der Waals surface area contributed by atoms with E-state index < -0.39 is 0 Å². The number of hydrogen-bond donors (Lipinski definition) is 0. The number of methoxy groups -OCH3 is 2. The van der Waals surface area contributed by atoms with Gasteiger partial charge in [-0.15, -0.1) is 0 Å². The fraction of sp³-hybridized carbons (Fsp3) is 0.405. The lowest BCUT2D eigenvalue weighted by atomic mass is 10.0. The van der Waals surface area contributed by atoms with Crippen LogP contribution in [-0.2, 0) is 24.8 Å². The summed E-state index contributed by atoms with van der Waals surface area (Å²) >= 11 is 0. The van der Waals surface area contributed by atoms with Crippen LogP contribution in [0.25, 0.3) is 10.9 Å². The molecule has 2 amide bonds. The number of fused-ring (bicyclic) bond motifs is 2. The number of ether oxygens (including phenoxy) is 2. The van der Waals surface area contributed by atoms with Crippen LogP contribution >= 0.6 is 0 Å². The molecule has 0 unspecified atom stereocenters. The van der Waals surface area contributed by atoms with E-state index in [2.05, 4.69) is 37.8 Å². The Kier molecular flexibility index (Phi) is 9.83. The molecule has 8 heteroatoms. The highest BCUT2D eigenvalue weighted by Gasteiger charge is 2.28. The number of anilines is 1. The maximum atomic E-state index is 14.6. The molecule has 0 saturated heterocycles. The molecule has 0 bridgehead atoms. The van der Waals surface area contributed by atoms with Crippen LogP contribution in [0.3, 0.4) is 0 Å². The molecule has 1 aromatic heterocycles. The van der Waals surface area contributed by atoms with Crippen LogP contribution in [0.4, 0.5) is 5.69 Å². The highest BCUT2D eigenvalue weighted by molar-refractivity contribution is 6.02. The molecule has 0 N–H and O–H groups in total. The predicted molar refractivity (Wildman–Crippen MR) is 181 cm³/mol. The van der Waals surface area contributed by atoms with E-state index in [1.807, 2.05) is 76.9 Å². The van der Waals surface area contributed by atoms with Crippen molar-refractivity contribution in [3.8, 4) is 11.5 Å². The first-order valence-electron chi connectivity index (χ1n) is 15.8. The molecule has 2 heterocycles. The molecule has 0 atom stereocenters. The molecule has 4 aromatic rings. The standard InChI is InChI=1S/C37H46N4O4/c1-25(2)39-18-9-19-41(34(42)22-28-12-14-30(44-6)15-13-28)35-26(3)10-8-11-29(35)24-40(21-20-39)37(43)36-27(4)32-23-31(45-7)16-17-33(32)38(36)5/h8,10-17,23,25H,9,18-22,24H2,1-7H3. The average molecular weight is 611 g/mol. The van der Waals surface area contributed by atoms with Gasteiger partial charge in [-0.2, -0.15) is 0 Å². The third-order valence-electron chi connectivity index (χ3n) is 9.13. The number of amides is 2. The van der Waals surface area contributed by atoms with Gasteiger partial charge in [-0.05, 0) is 86.7 Å². The summed E-state index contributed by atoms with van der Waals surface area (Å²) in [6.45, 7) is 11.6. The predicted octanol–water partition coefficient (Wildman–Crippen LogP) is 6.14. The van der Waals surface area contributed by atoms with E-state index in [1.165, 1.54) is 0 Å². The van der Waals surface area contributed by atoms with E-state index in [-0.39, 0.29) is 18.2 Å². The van der Waals surface area contributed by atoms with Gasteiger partial charge in [-0.1, -0.05) is 30.3 Å². The molecular weight excluding hydrogens is 564 g/mol. The molecule has 0 saturated carbocycles. The zero-order chi connectivity index (χ0) is 32.2. The Morgan fingerprint density at radius 2 is 1.58 bits per heavy atom. The first-order valence-corrected chi connectivity index (χ1v) is 15.8. The number of carbonyl (C=O) groups is 2. The molecule has 0 radical (unpaired) electrons. The van der Waals surface area contributed by atoms with Gasteiger partial charge >= 0.3 is 0 Å². The third-order valence-corrected chi connectivity index (χ3v) is 9.13. The van der Waals surface area contributed by atoms with Crippen molar-refractivity contribution in [2.24, 2.45) is 7.05 Å². The highest BCUT2D eigenvalue weighted by Crippen LogP contribution is 2.32. The van der Waals surface area contributed by atoms with Gasteiger partial charge in [-0.25, -0.2) is 0 Å². The summed E-state index contributed by atoms with van der Waals surface area (Å²) in [5.74, 6) is 1.56. The Labute approximate surface area is 267 Å². The van der Waals surface area contributed by atoms with Crippen LogP contribution in [0, 0.1) is 13.8 Å². The Bertz CT molecular complexity index is 1670. The summed E-state index contributed by atoms with van der Waals surface area (Å²) in [7, 11) is 5.26. The molecule has 0 spiro atoms. The summed E-state index contributed by atoms with van der Waals surface area (Å²) < 4.78 is 12.8. The number of aryl methyl sites for hydroxylation is 3. The summed E-state index contributed by atoms with van der Waals surface area (Å²) in [6, 6.07) is 20.1. The number of aromatic nitrogens is 1. The maximum Gasteiger partial charge on any atom is 0.271 e. The number of benzene rings is 3. The van der Waals surface area contributed by atoms with Crippen molar-refractivity contribution in [3.05, 3.63) is 88.6 Å². The third kappa shape index (κ3) is 6.71.